The number of hydrogen-bond acceptors (Lipinski definition) is 7. The fourth-order valence-corrected chi connectivity index (χ4v) is 3.60. The predicted molar refractivity (Wildman–Crippen MR) is 101 cm³/mol. The van der Waals surface area contributed by atoms with Crippen LogP contribution in [0.1, 0.15) is 12.5 Å². The Morgan fingerprint density at radius 1 is 1.42 bits per heavy atom. The van der Waals surface area contributed by atoms with Crippen LogP contribution in [0.4, 0.5) is 5.13 Å². The summed E-state index contributed by atoms with van der Waals surface area (Å²) < 4.78 is 5.34. The van der Waals surface area contributed by atoms with Crippen LogP contribution in [-0.2, 0) is 0 Å². The molecule has 3 rings (SSSR count). The fourth-order valence-electron chi connectivity index (χ4n) is 1.96. The van der Waals surface area contributed by atoms with Crippen LogP contribution in [0.25, 0.3) is 10.6 Å². The van der Waals surface area contributed by atoms with Gasteiger partial charge in [0.1, 0.15) is 0 Å². The van der Waals surface area contributed by atoms with E-state index in [-0.39, 0.29) is 10.8 Å². The minimum absolute atomic E-state index is 0.0656. The molecule has 0 aliphatic carbocycles. The lowest BCUT2D eigenvalue weighted by atomic mass is 10.2. The quantitative estimate of drug-likeness (QED) is 0.463. The number of aromatic nitrogens is 1. The Morgan fingerprint density at radius 3 is 3.04 bits per heavy atom. The van der Waals surface area contributed by atoms with Crippen molar-refractivity contribution in [3.05, 3.63) is 45.6 Å². The molecule has 0 unspecified atom stereocenters. The van der Waals surface area contributed by atoms with Crippen LogP contribution in [0.3, 0.4) is 0 Å². The Balaban J connectivity index is 1.70. The first-order valence-electron chi connectivity index (χ1n) is 7.11. The average Bonchev–Trinajstić information content (AvgIpc) is 3.23. The van der Waals surface area contributed by atoms with Crippen LogP contribution in [0, 0.1) is 0 Å². The van der Waals surface area contributed by atoms with Crippen LogP contribution >= 0.6 is 34.3 Å². The molecular formula is C16H14ClN3O2S2. The zero-order chi connectivity index (χ0) is 16.9. The standard InChI is InChI=1S/C16H14ClN3O2S2/c1-2-22-13-7-10(6-11(17)15(13)21)8-18-20-16-19-12(9-24-16)14-4-3-5-23-14/h3-9,21H,2H2,1H3,(H,19,20)/b18-8-. The van der Waals surface area contributed by atoms with Crippen molar-refractivity contribution >= 4 is 45.6 Å². The molecule has 0 radical (unpaired) electrons. The number of nitrogens with zero attached hydrogens (tertiary/aromatic N) is 2. The molecular weight excluding hydrogens is 366 g/mol. The normalized spacial score (nSPS) is 11.1. The molecule has 0 bridgehead atoms. The second kappa shape index (κ2) is 7.65. The molecule has 2 N–H and O–H groups in total. The van der Waals surface area contributed by atoms with E-state index in [1.807, 2.05) is 29.8 Å². The minimum atomic E-state index is -0.0656. The van der Waals surface area contributed by atoms with Gasteiger partial charge in [-0.25, -0.2) is 4.98 Å². The van der Waals surface area contributed by atoms with E-state index >= 15 is 0 Å². The number of thiazole rings is 1. The number of benzene rings is 1. The monoisotopic (exact) mass is 379 g/mol. The molecule has 0 atom stereocenters. The van der Waals surface area contributed by atoms with E-state index < -0.39 is 0 Å². The van der Waals surface area contributed by atoms with Crippen molar-refractivity contribution in [2.24, 2.45) is 5.10 Å². The maximum atomic E-state index is 9.83. The Kier molecular flexibility index (Phi) is 5.34. The first-order chi connectivity index (χ1) is 11.7. The average molecular weight is 380 g/mol. The maximum absolute atomic E-state index is 9.83. The van der Waals surface area contributed by atoms with Gasteiger partial charge >= 0.3 is 0 Å². The fraction of sp³-hybridized carbons (Fsp3) is 0.125. The molecule has 5 nitrogen and oxygen atoms in total. The van der Waals surface area contributed by atoms with Crippen LogP contribution in [0.5, 0.6) is 11.5 Å². The Labute approximate surface area is 152 Å². The van der Waals surface area contributed by atoms with E-state index in [0.29, 0.717) is 23.1 Å². The SMILES string of the molecule is CCOc1cc(/C=N\Nc2nc(-c3cccs3)cs2)cc(Cl)c1O. The van der Waals surface area contributed by atoms with Gasteiger partial charge in [0.05, 0.1) is 28.4 Å². The number of rotatable bonds is 6. The lowest BCUT2D eigenvalue weighted by molar-refractivity contribution is 0.318. The Bertz CT molecular complexity index is 847. The van der Waals surface area contributed by atoms with Crippen molar-refractivity contribution in [2.45, 2.75) is 6.92 Å². The summed E-state index contributed by atoms with van der Waals surface area (Å²) in [4.78, 5) is 5.60. The lowest BCUT2D eigenvalue weighted by Crippen LogP contribution is -1.95. The molecule has 24 heavy (non-hydrogen) atoms. The number of phenolic OH excluding ortho intramolecular Hbond substituents is 1. The molecule has 0 saturated heterocycles. The highest BCUT2D eigenvalue weighted by Crippen LogP contribution is 2.34. The van der Waals surface area contributed by atoms with Gasteiger partial charge in [0.25, 0.3) is 0 Å². The number of hydrazone groups is 1. The van der Waals surface area contributed by atoms with Gasteiger partial charge in [-0.15, -0.1) is 22.7 Å². The van der Waals surface area contributed by atoms with Crippen LogP contribution in [0.2, 0.25) is 5.02 Å². The van der Waals surface area contributed by atoms with Gasteiger partial charge in [-0.05, 0) is 36.1 Å². The van der Waals surface area contributed by atoms with Crippen LogP contribution in [0.15, 0.2) is 40.1 Å². The number of nitrogens with one attached hydrogen (secondary N) is 1. The number of thiophene rings is 1. The van der Waals surface area contributed by atoms with Crippen molar-refractivity contribution in [1.29, 1.82) is 0 Å². The smallest absolute Gasteiger partial charge is 0.203 e. The zero-order valence-electron chi connectivity index (χ0n) is 12.7. The van der Waals surface area contributed by atoms with E-state index in [0.717, 1.165) is 10.6 Å². The number of hydrogen-bond donors (Lipinski definition) is 2. The third-order valence-corrected chi connectivity index (χ3v) is 4.93. The molecule has 0 aliphatic rings. The van der Waals surface area contributed by atoms with Crippen molar-refractivity contribution in [1.82, 2.24) is 4.98 Å². The molecule has 0 saturated carbocycles. The summed E-state index contributed by atoms with van der Waals surface area (Å²) in [5.41, 5.74) is 4.54. The van der Waals surface area contributed by atoms with Gasteiger partial charge in [-0.1, -0.05) is 17.7 Å². The summed E-state index contributed by atoms with van der Waals surface area (Å²) in [7, 11) is 0. The highest BCUT2D eigenvalue weighted by molar-refractivity contribution is 7.15. The van der Waals surface area contributed by atoms with E-state index in [2.05, 4.69) is 15.5 Å². The summed E-state index contributed by atoms with van der Waals surface area (Å²) in [5.74, 6) is 0.268. The van der Waals surface area contributed by atoms with E-state index in [1.54, 1.807) is 29.7 Å². The molecule has 2 aromatic heterocycles. The van der Waals surface area contributed by atoms with Gasteiger partial charge in [-0.3, -0.25) is 5.43 Å². The number of aromatic hydroxyl groups is 1. The first kappa shape index (κ1) is 16.8. The van der Waals surface area contributed by atoms with Crippen molar-refractivity contribution in [3.8, 4) is 22.1 Å². The molecule has 0 amide bonds. The second-order valence-corrected chi connectivity index (χ2v) is 6.88. The maximum Gasteiger partial charge on any atom is 0.203 e. The molecule has 1 aromatic carbocycles. The van der Waals surface area contributed by atoms with Gasteiger partial charge in [0.15, 0.2) is 11.5 Å². The van der Waals surface area contributed by atoms with Gasteiger partial charge < -0.3 is 9.84 Å². The number of halogens is 1. The Morgan fingerprint density at radius 2 is 2.29 bits per heavy atom. The van der Waals surface area contributed by atoms with Crippen molar-refractivity contribution < 1.29 is 9.84 Å². The highest BCUT2D eigenvalue weighted by atomic mass is 35.5. The highest BCUT2D eigenvalue weighted by Gasteiger charge is 2.09. The summed E-state index contributed by atoms with van der Waals surface area (Å²) >= 11 is 9.11. The largest absolute Gasteiger partial charge is 0.503 e. The van der Waals surface area contributed by atoms with Crippen LogP contribution < -0.4 is 10.2 Å². The van der Waals surface area contributed by atoms with Gasteiger partial charge in [-0.2, -0.15) is 5.10 Å². The molecule has 0 aliphatic heterocycles. The lowest BCUT2D eigenvalue weighted by Gasteiger charge is -2.08. The van der Waals surface area contributed by atoms with E-state index in [4.69, 9.17) is 16.3 Å². The molecule has 124 valence electrons. The first-order valence-corrected chi connectivity index (χ1v) is 9.25. The van der Waals surface area contributed by atoms with E-state index in [1.165, 1.54) is 11.3 Å². The zero-order valence-corrected chi connectivity index (χ0v) is 15.1. The van der Waals surface area contributed by atoms with Gasteiger partial charge in [0, 0.05) is 5.38 Å². The molecule has 0 spiro atoms. The van der Waals surface area contributed by atoms with E-state index in [9.17, 15) is 5.11 Å². The summed E-state index contributed by atoms with van der Waals surface area (Å²) in [5, 5.41) is 18.9. The number of ether oxygens (including phenoxy) is 1. The number of anilines is 1. The molecule has 0 fully saturated rings. The summed E-state index contributed by atoms with van der Waals surface area (Å²) in [6, 6.07) is 7.31. The third kappa shape index (κ3) is 3.87. The van der Waals surface area contributed by atoms with Crippen molar-refractivity contribution in [2.75, 3.05) is 12.0 Å². The minimum Gasteiger partial charge on any atom is -0.503 e. The predicted octanol–water partition coefficient (Wildman–Crippen LogP) is 5.08. The molecule has 3 aromatic rings. The third-order valence-electron chi connectivity index (χ3n) is 3.00. The van der Waals surface area contributed by atoms with Crippen molar-refractivity contribution in [3.63, 3.8) is 0 Å². The van der Waals surface area contributed by atoms with Gasteiger partial charge in [0.2, 0.25) is 5.13 Å². The summed E-state index contributed by atoms with van der Waals surface area (Å²) in [6.07, 6.45) is 1.60. The Hall–Kier alpha value is -2.09. The molecule has 2 heterocycles. The molecule has 8 heteroatoms. The second-order valence-electron chi connectivity index (χ2n) is 4.67. The summed E-state index contributed by atoms with van der Waals surface area (Å²) in [6.45, 7) is 2.27. The number of phenols is 1. The topological polar surface area (TPSA) is 66.7 Å². The van der Waals surface area contributed by atoms with Crippen LogP contribution in [-0.4, -0.2) is 22.9 Å².